The lowest BCUT2D eigenvalue weighted by Crippen LogP contribution is -2.57. The number of carbonyl (C=O) groups is 2. The third kappa shape index (κ3) is 3.99. The highest BCUT2D eigenvalue weighted by molar-refractivity contribution is 6.07. The Morgan fingerprint density at radius 1 is 1.06 bits per heavy atom. The molecule has 3 aliphatic rings. The molecule has 0 aromatic heterocycles. The molecule has 2 aromatic rings. The van der Waals surface area contributed by atoms with Gasteiger partial charge in [-0.2, -0.15) is 0 Å². The van der Waals surface area contributed by atoms with Gasteiger partial charge in [0, 0.05) is 20.0 Å². The number of hydrogen-bond acceptors (Lipinski definition) is 6. The number of urea groups is 1. The number of ether oxygens (including phenoxy) is 3. The topological polar surface area (TPSA) is 80.3 Å². The van der Waals surface area contributed by atoms with E-state index in [0.29, 0.717) is 6.42 Å². The van der Waals surface area contributed by atoms with Crippen molar-refractivity contribution in [3.8, 4) is 17.2 Å². The second-order valence-corrected chi connectivity index (χ2v) is 9.03. The van der Waals surface area contributed by atoms with E-state index in [2.05, 4.69) is 16.3 Å². The summed E-state index contributed by atoms with van der Waals surface area (Å²) in [4.78, 5) is 29.4. The molecule has 33 heavy (non-hydrogen) atoms. The van der Waals surface area contributed by atoms with Gasteiger partial charge in [0.15, 0.2) is 11.5 Å². The SMILES string of the molecule is COc1cccc(CC2(C3CCN(Cc4ccc5c(c4)OCO5)CC3)NC(=O)N(C)C2=O)c1. The van der Waals surface area contributed by atoms with E-state index in [0.717, 1.165) is 55.3 Å². The van der Waals surface area contributed by atoms with Gasteiger partial charge in [-0.25, -0.2) is 4.79 Å². The number of piperidine rings is 1. The van der Waals surface area contributed by atoms with E-state index in [1.807, 2.05) is 36.4 Å². The van der Waals surface area contributed by atoms with E-state index in [-0.39, 0.29) is 24.6 Å². The monoisotopic (exact) mass is 451 g/mol. The molecule has 174 valence electrons. The Kier molecular flexibility index (Phi) is 5.62. The van der Waals surface area contributed by atoms with E-state index < -0.39 is 5.54 Å². The Morgan fingerprint density at radius 2 is 1.85 bits per heavy atom. The molecule has 0 radical (unpaired) electrons. The number of benzene rings is 2. The summed E-state index contributed by atoms with van der Waals surface area (Å²) < 4.78 is 16.3. The third-order valence-corrected chi connectivity index (χ3v) is 7.07. The molecule has 0 aliphatic carbocycles. The van der Waals surface area contributed by atoms with Gasteiger partial charge in [0.25, 0.3) is 5.91 Å². The van der Waals surface area contributed by atoms with Crippen LogP contribution >= 0.6 is 0 Å². The predicted molar refractivity (Wildman–Crippen MR) is 121 cm³/mol. The number of amides is 3. The van der Waals surface area contributed by atoms with Gasteiger partial charge in [0.05, 0.1) is 7.11 Å². The first-order valence-electron chi connectivity index (χ1n) is 11.3. The van der Waals surface area contributed by atoms with Crippen molar-refractivity contribution in [3.05, 3.63) is 53.6 Å². The van der Waals surface area contributed by atoms with Gasteiger partial charge in [-0.15, -0.1) is 0 Å². The van der Waals surface area contributed by atoms with Crippen LogP contribution in [0.2, 0.25) is 0 Å². The van der Waals surface area contributed by atoms with Crippen LogP contribution in [0.15, 0.2) is 42.5 Å². The Hall–Kier alpha value is -3.26. The molecule has 0 bridgehead atoms. The quantitative estimate of drug-likeness (QED) is 0.681. The minimum absolute atomic E-state index is 0.0538. The Bertz CT molecular complexity index is 1070. The highest BCUT2D eigenvalue weighted by atomic mass is 16.7. The maximum atomic E-state index is 13.3. The van der Waals surface area contributed by atoms with Gasteiger partial charge in [0.2, 0.25) is 6.79 Å². The van der Waals surface area contributed by atoms with E-state index in [9.17, 15) is 9.59 Å². The summed E-state index contributed by atoms with van der Waals surface area (Å²) in [5.74, 6) is 2.23. The lowest BCUT2D eigenvalue weighted by Gasteiger charge is -2.41. The van der Waals surface area contributed by atoms with Crippen LogP contribution in [0.3, 0.4) is 0 Å². The summed E-state index contributed by atoms with van der Waals surface area (Å²) in [6.45, 7) is 2.79. The van der Waals surface area contributed by atoms with Crippen molar-refractivity contribution in [2.24, 2.45) is 5.92 Å². The maximum absolute atomic E-state index is 13.3. The second kappa shape index (κ2) is 8.59. The number of likely N-dealkylation sites (tertiary alicyclic amines) is 1. The van der Waals surface area contributed by atoms with Crippen molar-refractivity contribution in [1.82, 2.24) is 15.1 Å². The van der Waals surface area contributed by atoms with Crippen molar-refractivity contribution in [3.63, 3.8) is 0 Å². The van der Waals surface area contributed by atoms with Crippen LogP contribution in [0.25, 0.3) is 0 Å². The number of hydrogen-bond donors (Lipinski definition) is 1. The van der Waals surface area contributed by atoms with Crippen LogP contribution in [0.4, 0.5) is 4.79 Å². The van der Waals surface area contributed by atoms with Crippen LogP contribution in [0, 0.1) is 5.92 Å². The molecule has 1 N–H and O–H groups in total. The molecule has 2 fully saturated rings. The molecule has 0 saturated carbocycles. The van der Waals surface area contributed by atoms with Gasteiger partial charge < -0.3 is 19.5 Å². The highest BCUT2D eigenvalue weighted by Crippen LogP contribution is 2.37. The molecule has 8 nitrogen and oxygen atoms in total. The molecule has 3 heterocycles. The predicted octanol–water partition coefficient (Wildman–Crippen LogP) is 2.80. The molecular weight excluding hydrogens is 422 g/mol. The Labute approximate surface area is 193 Å². The van der Waals surface area contributed by atoms with Crippen LogP contribution in [0.1, 0.15) is 24.0 Å². The number of carbonyl (C=O) groups excluding carboxylic acids is 2. The fraction of sp³-hybridized carbons (Fsp3) is 0.440. The second-order valence-electron chi connectivity index (χ2n) is 9.03. The van der Waals surface area contributed by atoms with Crippen LogP contribution in [0.5, 0.6) is 17.2 Å². The largest absolute Gasteiger partial charge is 0.497 e. The fourth-order valence-corrected chi connectivity index (χ4v) is 5.25. The first kappa shape index (κ1) is 21.6. The zero-order chi connectivity index (χ0) is 23.0. The Balaban J connectivity index is 1.31. The van der Waals surface area contributed by atoms with Gasteiger partial charge in [-0.3, -0.25) is 14.6 Å². The lowest BCUT2D eigenvalue weighted by atomic mass is 9.74. The highest BCUT2D eigenvalue weighted by Gasteiger charge is 2.54. The molecule has 2 aromatic carbocycles. The van der Waals surface area contributed by atoms with Gasteiger partial charge in [-0.05, 0) is 67.2 Å². The normalized spacial score (nSPS) is 23.2. The van der Waals surface area contributed by atoms with Gasteiger partial charge in [-0.1, -0.05) is 18.2 Å². The number of nitrogens with one attached hydrogen (secondary N) is 1. The fourth-order valence-electron chi connectivity index (χ4n) is 5.25. The van der Waals surface area contributed by atoms with Crippen LogP contribution in [-0.2, 0) is 17.8 Å². The summed E-state index contributed by atoms with van der Waals surface area (Å²) in [5, 5.41) is 3.06. The summed E-state index contributed by atoms with van der Waals surface area (Å²) >= 11 is 0. The molecular formula is C25H29N3O5. The summed E-state index contributed by atoms with van der Waals surface area (Å²) in [7, 11) is 3.18. The molecule has 3 amide bonds. The molecule has 1 unspecified atom stereocenters. The van der Waals surface area contributed by atoms with E-state index in [4.69, 9.17) is 14.2 Å². The number of methoxy groups -OCH3 is 1. The minimum atomic E-state index is -0.928. The van der Waals surface area contributed by atoms with Gasteiger partial charge in [0.1, 0.15) is 11.3 Å². The zero-order valence-electron chi connectivity index (χ0n) is 19.0. The van der Waals surface area contributed by atoms with E-state index in [1.54, 1.807) is 14.2 Å². The van der Waals surface area contributed by atoms with E-state index >= 15 is 0 Å². The number of rotatable bonds is 6. The van der Waals surface area contributed by atoms with E-state index in [1.165, 1.54) is 10.5 Å². The van der Waals surface area contributed by atoms with Crippen molar-refractivity contribution in [2.45, 2.75) is 31.3 Å². The average Bonchev–Trinajstić information content (AvgIpc) is 3.38. The van der Waals surface area contributed by atoms with Crippen LogP contribution < -0.4 is 19.5 Å². The molecule has 5 rings (SSSR count). The van der Waals surface area contributed by atoms with Crippen molar-refractivity contribution >= 4 is 11.9 Å². The summed E-state index contributed by atoms with van der Waals surface area (Å²) in [5.41, 5.74) is 1.22. The lowest BCUT2D eigenvalue weighted by molar-refractivity contribution is -0.133. The van der Waals surface area contributed by atoms with Crippen molar-refractivity contribution in [2.75, 3.05) is 34.0 Å². The first-order chi connectivity index (χ1) is 16.0. The molecule has 3 aliphatic heterocycles. The van der Waals surface area contributed by atoms with Crippen molar-refractivity contribution in [1.29, 1.82) is 0 Å². The van der Waals surface area contributed by atoms with Gasteiger partial charge >= 0.3 is 6.03 Å². The molecule has 2 saturated heterocycles. The third-order valence-electron chi connectivity index (χ3n) is 7.07. The number of imide groups is 1. The van der Waals surface area contributed by atoms with Crippen LogP contribution in [-0.4, -0.2) is 61.3 Å². The number of likely N-dealkylation sites (N-methyl/N-ethyl adjacent to an activating group) is 1. The summed E-state index contributed by atoms with van der Waals surface area (Å²) in [6, 6.07) is 13.5. The standard InChI is InChI=1S/C25H29N3O5/c1-27-23(29)25(26-24(27)30,14-17-4-3-5-20(12-17)31-2)19-8-10-28(11-9-19)15-18-6-7-21-22(13-18)33-16-32-21/h3-7,12-13,19H,8-11,14-16H2,1-2H3,(H,26,30). The summed E-state index contributed by atoms with van der Waals surface area (Å²) in [6.07, 6.45) is 2.11. The number of fused-ring (bicyclic) bond motifs is 1. The van der Waals surface area contributed by atoms with Crippen molar-refractivity contribution < 1.29 is 23.8 Å². The minimum Gasteiger partial charge on any atom is -0.497 e. The first-order valence-corrected chi connectivity index (χ1v) is 11.3. The number of nitrogens with zero attached hydrogens (tertiary/aromatic N) is 2. The smallest absolute Gasteiger partial charge is 0.324 e. The maximum Gasteiger partial charge on any atom is 0.324 e. The zero-order valence-corrected chi connectivity index (χ0v) is 19.0. The Morgan fingerprint density at radius 3 is 2.58 bits per heavy atom. The molecule has 8 heteroatoms. The molecule has 0 spiro atoms. The molecule has 1 atom stereocenters. The average molecular weight is 452 g/mol.